The molecule has 0 aliphatic rings. The maximum absolute atomic E-state index is 11.8. The Kier molecular flexibility index (Phi) is 4.52. The average molecular weight is 274 g/mol. The van der Waals surface area contributed by atoms with Gasteiger partial charge in [0.15, 0.2) is 5.82 Å². The number of ether oxygens (including phenoxy) is 1. The Morgan fingerprint density at radius 2 is 2.05 bits per heavy atom. The molecule has 0 radical (unpaired) electrons. The summed E-state index contributed by atoms with van der Waals surface area (Å²) in [6.45, 7) is 2.11. The van der Waals surface area contributed by atoms with E-state index in [1.54, 1.807) is 6.92 Å². The van der Waals surface area contributed by atoms with Crippen molar-refractivity contribution in [1.82, 2.24) is 9.97 Å². The van der Waals surface area contributed by atoms with Crippen LogP contribution in [0.4, 0.5) is 0 Å². The molecule has 4 nitrogen and oxygen atoms in total. The summed E-state index contributed by atoms with van der Waals surface area (Å²) in [5.41, 5.74) is 1.34. The predicted octanol–water partition coefficient (Wildman–Crippen LogP) is 3.04. The van der Waals surface area contributed by atoms with Gasteiger partial charge < -0.3 is 4.74 Å². The summed E-state index contributed by atoms with van der Waals surface area (Å²) in [6, 6.07) is 9.66. The Labute approximate surface area is 116 Å². The highest BCUT2D eigenvalue weighted by molar-refractivity contribution is 7.98. The van der Waals surface area contributed by atoms with Gasteiger partial charge in [0.05, 0.1) is 6.61 Å². The van der Waals surface area contributed by atoms with E-state index in [0.29, 0.717) is 23.0 Å². The number of thioether (sulfide) groups is 1. The molecule has 5 heteroatoms. The third kappa shape index (κ3) is 3.12. The molecule has 0 spiro atoms. The zero-order valence-electron chi connectivity index (χ0n) is 10.8. The number of benzene rings is 1. The van der Waals surface area contributed by atoms with E-state index in [-0.39, 0.29) is 5.97 Å². The molecule has 0 fully saturated rings. The van der Waals surface area contributed by atoms with Crippen molar-refractivity contribution in [2.45, 2.75) is 11.9 Å². The molecule has 1 heterocycles. The Morgan fingerprint density at radius 3 is 2.68 bits per heavy atom. The van der Waals surface area contributed by atoms with E-state index >= 15 is 0 Å². The van der Waals surface area contributed by atoms with E-state index in [9.17, 15) is 4.79 Å². The molecule has 1 aromatic carbocycles. The first-order valence-electron chi connectivity index (χ1n) is 5.89. The van der Waals surface area contributed by atoms with Crippen LogP contribution in [0, 0.1) is 0 Å². The minimum atomic E-state index is -0.383. The summed E-state index contributed by atoms with van der Waals surface area (Å²) in [4.78, 5) is 20.4. The standard InChI is InChI=1S/C14H14N2O2S/c1-3-18-14(17)11-9-15-12(16-13(11)19-2)10-7-5-4-6-8-10/h4-9H,3H2,1-2H3. The van der Waals surface area contributed by atoms with Gasteiger partial charge in [0.2, 0.25) is 0 Å². The zero-order valence-corrected chi connectivity index (χ0v) is 11.6. The SMILES string of the molecule is CCOC(=O)c1cnc(-c2ccccc2)nc1SC. The number of hydrogen-bond acceptors (Lipinski definition) is 5. The summed E-state index contributed by atoms with van der Waals surface area (Å²) < 4.78 is 4.98. The molecule has 0 bridgehead atoms. The lowest BCUT2D eigenvalue weighted by atomic mass is 10.2. The minimum absolute atomic E-state index is 0.340. The van der Waals surface area contributed by atoms with Crippen LogP contribution in [-0.4, -0.2) is 28.8 Å². The molecule has 0 N–H and O–H groups in total. The van der Waals surface area contributed by atoms with Gasteiger partial charge in [-0.1, -0.05) is 30.3 Å². The number of carbonyl (C=O) groups is 1. The van der Waals surface area contributed by atoms with E-state index in [1.165, 1.54) is 18.0 Å². The number of nitrogens with zero attached hydrogens (tertiary/aromatic N) is 2. The van der Waals surface area contributed by atoms with Gasteiger partial charge in [-0.2, -0.15) is 0 Å². The normalized spacial score (nSPS) is 10.2. The summed E-state index contributed by atoms with van der Waals surface area (Å²) in [5.74, 6) is 0.226. The maximum atomic E-state index is 11.8. The second kappa shape index (κ2) is 6.33. The van der Waals surface area contributed by atoms with Crippen LogP contribution in [0.2, 0.25) is 0 Å². The van der Waals surface area contributed by atoms with Crippen molar-refractivity contribution in [1.29, 1.82) is 0 Å². The van der Waals surface area contributed by atoms with Gasteiger partial charge in [-0.15, -0.1) is 11.8 Å². The lowest BCUT2D eigenvalue weighted by Gasteiger charge is -2.07. The van der Waals surface area contributed by atoms with Crippen molar-refractivity contribution in [2.24, 2.45) is 0 Å². The van der Waals surface area contributed by atoms with Gasteiger partial charge in [-0.25, -0.2) is 14.8 Å². The van der Waals surface area contributed by atoms with Crippen molar-refractivity contribution in [3.05, 3.63) is 42.1 Å². The Morgan fingerprint density at radius 1 is 1.32 bits per heavy atom. The quantitative estimate of drug-likeness (QED) is 0.487. The fourth-order valence-corrected chi connectivity index (χ4v) is 2.13. The largest absolute Gasteiger partial charge is 0.462 e. The third-order valence-electron chi connectivity index (χ3n) is 2.47. The lowest BCUT2D eigenvalue weighted by molar-refractivity contribution is 0.0521. The van der Waals surface area contributed by atoms with Crippen LogP contribution in [0.25, 0.3) is 11.4 Å². The number of rotatable bonds is 4. The molecule has 0 saturated carbocycles. The lowest BCUT2D eigenvalue weighted by Crippen LogP contribution is -2.08. The van der Waals surface area contributed by atoms with Crippen LogP contribution in [0.3, 0.4) is 0 Å². The average Bonchev–Trinajstić information content (AvgIpc) is 2.47. The number of aromatic nitrogens is 2. The zero-order chi connectivity index (χ0) is 13.7. The summed E-state index contributed by atoms with van der Waals surface area (Å²) >= 11 is 1.41. The monoisotopic (exact) mass is 274 g/mol. The Bertz CT molecular complexity index is 573. The summed E-state index contributed by atoms with van der Waals surface area (Å²) in [6.07, 6.45) is 3.40. The first-order chi connectivity index (χ1) is 9.26. The first kappa shape index (κ1) is 13.5. The smallest absolute Gasteiger partial charge is 0.342 e. The number of carbonyl (C=O) groups excluding carboxylic acids is 1. The molecular formula is C14H14N2O2S. The Hall–Kier alpha value is -1.88. The number of esters is 1. The molecule has 0 aliphatic heterocycles. The van der Waals surface area contributed by atoms with Crippen LogP contribution in [0.5, 0.6) is 0 Å². The molecule has 98 valence electrons. The van der Waals surface area contributed by atoms with E-state index in [1.807, 2.05) is 36.6 Å². The van der Waals surface area contributed by atoms with Gasteiger partial charge in [-0.3, -0.25) is 0 Å². The van der Waals surface area contributed by atoms with Crippen LogP contribution in [-0.2, 0) is 4.74 Å². The van der Waals surface area contributed by atoms with Gasteiger partial charge in [0.1, 0.15) is 10.6 Å². The van der Waals surface area contributed by atoms with Crippen LogP contribution < -0.4 is 0 Å². The molecule has 0 saturated heterocycles. The molecular weight excluding hydrogens is 260 g/mol. The van der Waals surface area contributed by atoms with E-state index in [2.05, 4.69) is 9.97 Å². The fourth-order valence-electron chi connectivity index (χ4n) is 1.60. The molecule has 0 amide bonds. The summed E-state index contributed by atoms with van der Waals surface area (Å²) in [5, 5.41) is 0.632. The fraction of sp³-hybridized carbons (Fsp3) is 0.214. The molecule has 19 heavy (non-hydrogen) atoms. The van der Waals surface area contributed by atoms with Crippen molar-refractivity contribution >= 4 is 17.7 Å². The number of hydrogen-bond donors (Lipinski definition) is 0. The maximum Gasteiger partial charge on any atom is 0.342 e. The molecule has 0 atom stereocenters. The Balaban J connectivity index is 2.39. The highest BCUT2D eigenvalue weighted by Crippen LogP contribution is 2.22. The third-order valence-corrected chi connectivity index (χ3v) is 3.17. The van der Waals surface area contributed by atoms with Crippen LogP contribution >= 0.6 is 11.8 Å². The van der Waals surface area contributed by atoms with Crippen LogP contribution in [0.15, 0.2) is 41.6 Å². The van der Waals surface area contributed by atoms with Crippen molar-refractivity contribution in [3.63, 3.8) is 0 Å². The van der Waals surface area contributed by atoms with Gasteiger partial charge in [-0.05, 0) is 13.2 Å². The molecule has 0 unspecified atom stereocenters. The van der Waals surface area contributed by atoms with E-state index in [0.717, 1.165) is 5.56 Å². The van der Waals surface area contributed by atoms with E-state index < -0.39 is 0 Å². The van der Waals surface area contributed by atoms with Crippen molar-refractivity contribution < 1.29 is 9.53 Å². The topological polar surface area (TPSA) is 52.1 Å². The highest BCUT2D eigenvalue weighted by atomic mass is 32.2. The second-order valence-corrected chi connectivity index (χ2v) is 4.50. The first-order valence-corrected chi connectivity index (χ1v) is 7.12. The van der Waals surface area contributed by atoms with Gasteiger partial charge in [0, 0.05) is 11.8 Å². The highest BCUT2D eigenvalue weighted by Gasteiger charge is 2.15. The minimum Gasteiger partial charge on any atom is -0.462 e. The second-order valence-electron chi connectivity index (χ2n) is 3.70. The van der Waals surface area contributed by atoms with E-state index in [4.69, 9.17) is 4.74 Å². The summed E-state index contributed by atoms with van der Waals surface area (Å²) in [7, 11) is 0. The van der Waals surface area contributed by atoms with Crippen molar-refractivity contribution in [3.8, 4) is 11.4 Å². The van der Waals surface area contributed by atoms with Crippen LogP contribution in [0.1, 0.15) is 17.3 Å². The van der Waals surface area contributed by atoms with Gasteiger partial charge >= 0.3 is 5.97 Å². The molecule has 2 rings (SSSR count). The molecule has 2 aromatic rings. The molecule has 1 aromatic heterocycles. The van der Waals surface area contributed by atoms with Gasteiger partial charge in [0.25, 0.3) is 0 Å². The van der Waals surface area contributed by atoms with Crippen molar-refractivity contribution in [2.75, 3.05) is 12.9 Å². The predicted molar refractivity (Wildman–Crippen MR) is 75.2 cm³/mol. The molecule has 0 aliphatic carbocycles.